The van der Waals surface area contributed by atoms with E-state index in [4.69, 9.17) is 6.42 Å². The minimum Gasteiger partial charge on any atom is -0.115 e. The number of hydrogen-bond donors (Lipinski definition) is 0. The molecule has 0 aromatic heterocycles. The maximum absolute atomic E-state index is 5.51. The molecule has 0 spiro atoms. The lowest BCUT2D eigenvalue weighted by atomic mass is 9.84. The van der Waals surface area contributed by atoms with Crippen molar-refractivity contribution >= 4 is 50.5 Å². The van der Waals surface area contributed by atoms with Gasteiger partial charge < -0.3 is 0 Å². The highest BCUT2D eigenvalue weighted by molar-refractivity contribution is 6.25. The Morgan fingerprint density at radius 3 is 1.93 bits per heavy atom. The molecule has 0 atom stereocenters. The van der Waals surface area contributed by atoms with Crippen LogP contribution >= 0.6 is 0 Å². The van der Waals surface area contributed by atoms with E-state index in [-0.39, 0.29) is 0 Å². The molecule has 0 amide bonds. The van der Waals surface area contributed by atoms with Crippen LogP contribution in [0, 0.1) is 19.3 Å². The Labute approximate surface area is 166 Å². The molecular weight excluding hydrogens is 336 g/mol. The van der Waals surface area contributed by atoms with Gasteiger partial charge in [0.1, 0.15) is 0 Å². The summed E-state index contributed by atoms with van der Waals surface area (Å²) in [5.74, 6) is 2.64. The molecule has 0 fully saturated rings. The Morgan fingerprint density at radius 1 is 0.786 bits per heavy atom. The van der Waals surface area contributed by atoms with Crippen LogP contribution in [0.15, 0.2) is 67.3 Å². The molecule has 0 saturated heterocycles. The van der Waals surface area contributed by atoms with Crippen LogP contribution in [0.3, 0.4) is 0 Å². The van der Waals surface area contributed by atoms with Gasteiger partial charge >= 0.3 is 0 Å². The topological polar surface area (TPSA) is 0 Å². The molecule has 134 valence electrons. The molecule has 0 heteroatoms. The first kappa shape index (κ1) is 17.8. The van der Waals surface area contributed by atoms with Crippen molar-refractivity contribution < 1.29 is 0 Å². The molecular formula is C28H22. The maximum atomic E-state index is 5.51. The van der Waals surface area contributed by atoms with E-state index in [9.17, 15) is 0 Å². The van der Waals surface area contributed by atoms with Gasteiger partial charge in [0.25, 0.3) is 0 Å². The Morgan fingerprint density at radius 2 is 1.36 bits per heavy atom. The molecule has 4 aromatic rings. The van der Waals surface area contributed by atoms with Crippen molar-refractivity contribution in [2.24, 2.45) is 0 Å². The van der Waals surface area contributed by atoms with Crippen molar-refractivity contribution in [3.05, 3.63) is 89.5 Å². The Hall–Kier alpha value is -3.56. The maximum Gasteiger partial charge on any atom is -0.00175 e. The molecule has 4 aromatic carbocycles. The van der Waals surface area contributed by atoms with E-state index in [1.165, 1.54) is 54.6 Å². The number of fused-ring (bicyclic) bond motifs is 5. The third-order valence-electron chi connectivity index (χ3n) is 5.45. The van der Waals surface area contributed by atoms with Crippen LogP contribution in [0.2, 0.25) is 0 Å². The molecule has 0 aliphatic rings. The van der Waals surface area contributed by atoms with Gasteiger partial charge in [0, 0.05) is 0 Å². The molecule has 0 heterocycles. The van der Waals surface area contributed by atoms with Crippen molar-refractivity contribution in [1.29, 1.82) is 0 Å². The number of aryl methyl sites for hydroxylation is 1. The van der Waals surface area contributed by atoms with Crippen LogP contribution in [0.25, 0.3) is 50.5 Å². The largest absolute Gasteiger partial charge is 0.115 e. The number of benzene rings is 4. The van der Waals surface area contributed by atoms with Crippen LogP contribution in [0.4, 0.5) is 0 Å². The van der Waals surface area contributed by atoms with Gasteiger partial charge in [0.2, 0.25) is 0 Å². The SMILES string of the molecule is C#C/C=C\c1c(C)c2c3ccccc3c(/C=C\C)c(C=C)c2c2ccccc12. The third-order valence-corrected chi connectivity index (χ3v) is 5.45. The number of rotatable bonds is 3. The van der Waals surface area contributed by atoms with Crippen molar-refractivity contribution in [2.75, 3.05) is 0 Å². The molecule has 0 aliphatic heterocycles. The Kier molecular flexibility index (Phi) is 4.60. The fourth-order valence-electron chi connectivity index (χ4n) is 4.33. The second kappa shape index (κ2) is 7.22. The van der Waals surface area contributed by atoms with Gasteiger partial charge in [-0.3, -0.25) is 0 Å². The van der Waals surface area contributed by atoms with Crippen molar-refractivity contribution in [3.8, 4) is 12.3 Å². The van der Waals surface area contributed by atoms with Gasteiger partial charge in [-0.05, 0) is 80.6 Å². The zero-order chi connectivity index (χ0) is 19.7. The average Bonchev–Trinajstić information content (AvgIpc) is 2.73. The highest BCUT2D eigenvalue weighted by atomic mass is 14.2. The summed E-state index contributed by atoms with van der Waals surface area (Å²) in [6, 6.07) is 17.2. The number of hydrogen-bond acceptors (Lipinski definition) is 0. The summed E-state index contributed by atoms with van der Waals surface area (Å²) in [6.07, 6.45) is 15.6. The normalized spacial score (nSPS) is 11.8. The number of terminal acetylenes is 1. The summed E-state index contributed by atoms with van der Waals surface area (Å²) in [7, 11) is 0. The Bertz CT molecular complexity index is 1340. The second-order valence-corrected chi connectivity index (χ2v) is 6.91. The molecule has 28 heavy (non-hydrogen) atoms. The molecule has 0 aliphatic carbocycles. The first-order valence-electron chi connectivity index (χ1n) is 9.50. The lowest BCUT2D eigenvalue weighted by molar-refractivity contribution is 1.53. The van der Waals surface area contributed by atoms with Crippen LogP contribution in [-0.4, -0.2) is 0 Å². The van der Waals surface area contributed by atoms with E-state index < -0.39 is 0 Å². The van der Waals surface area contributed by atoms with Gasteiger partial charge in [0.05, 0.1) is 0 Å². The summed E-state index contributed by atoms with van der Waals surface area (Å²) in [4.78, 5) is 0. The number of allylic oxidation sites excluding steroid dienone is 2. The van der Waals surface area contributed by atoms with Gasteiger partial charge in [-0.25, -0.2) is 0 Å². The quantitative estimate of drug-likeness (QED) is 0.259. The predicted octanol–water partition coefficient (Wildman–Crippen LogP) is 7.78. The molecule has 0 nitrogen and oxygen atoms in total. The van der Waals surface area contributed by atoms with Crippen LogP contribution < -0.4 is 0 Å². The van der Waals surface area contributed by atoms with E-state index in [1.807, 2.05) is 6.08 Å². The molecule has 0 unspecified atom stereocenters. The highest BCUT2D eigenvalue weighted by Crippen LogP contribution is 2.42. The van der Waals surface area contributed by atoms with E-state index in [0.717, 1.165) is 0 Å². The smallest absolute Gasteiger partial charge is 0.00175 e. The Balaban J connectivity index is 2.42. The minimum atomic E-state index is 1.18. The van der Waals surface area contributed by atoms with Crippen LogP contribution in [0.5, 0.6) is 0 Å². The van der Waals surface area contributed by atoms with Gasteiger partial charge in [-0.2, -0.15) is 0 Å². The minimum absolute atomic E-state index is 1.18. The molecule has 0 bridgehead atoms. The van der Waals surface area contributed by atoms with Crippen molar-refractivity contribution in [3.63, 3.8) is 0 Å². The van der Waals surface area contributed by atoms with Crippen molar-refractivity contribution in [1.82, 2.24) is 0 Å². The molecule has 0 radical (unpaired) electrons. The molecule has 0 N–H and O–H groups in total. The summed E-state index contributed by atoms with van der Waals surface area (Å²) >= 11 is 0. The predicted molar refractivity (Wildman–Crippen MR) is 126 cm³/mol. The van der Waals surface area contributed by atoms with Gasteiger partial charge in [-0.15, -0.1) is 6.42 Å². The third kappa shape index (κ3) is 2.56. The monoisotopic (exact) mass is 358 g/mol. The van der Waals surface area contributed by atoms with E-state index >= 15 is 0 Å². The average molecular weight is 358 g/mol. The fourth-order valence-corrected chi connectivity index (χ4v) is 4.33. The standard InChI is InChI=1S/C28H22/c1-5-8-14-21-19(4)27-25-17-11-10-16-24(25)22(13-6-2)20(7-3)28(27)26-18-12-9-15-23(21)26/h1,6-18H,3H2,2,4H3/b13-6-,14-8-. The summed E-state index contributed by atoms with van der Waals surface area (Å²) in [6.45, 7) is 8.42. The lowest BCUT2D eigenvalue weighted by Gasteiger charge is -2.19. The van der Waals surface area contributed by atoms with Crippen LogP contribution in [0.1, 0.15) is 29.2 Å². The summed E-state index contributed by atoms with van der Waals surface area (Å²) in [5.41, 5.74) is 4.82. The fraction of sp³-hybridized carbons (Fsp3) is 0.0714. The van der Waals surface area contributed by atoms with E-state index in [2.05, 4.69) is 93.1 Å². The van der Waals surface area contributed by atoms with Crippen LogP contribution in [-0.2, 0) is 0 Å². The summed E-state index contributed by atoms with van der Waals surface area (Å²) in [5, 5.41) is 7.47. The highest BCUT2D eigenvalue weighted by Gasteiger charge is 2.17. The summed E-state index contributed by atoms with van der Waals surface area (Å²) < 4.78 is 0. The first-order chi connectivity index (χ1) is 13.7. The van der Waals surface area contributed by atoms with E-state index in [1.54, 1.807) is 6.08 Å². The zero-order valence-electron chi connectivity index (χ0n) is 16.3. The zero-order valence-corrected chi connectivity index (χ0v) is 16.3. The van der Waals surface area contributed by atoms with Crippen molar-refractivity contribution in [2.45, 2.75) is 13.8 Å². The second-order valence-electron chi connectivity index (χ2n) is 6.91. The molecule has 0 saturated carbocycles. The first-order valence-corrected chi connectivity index (χ1v) is 9.50. The lowest BCUT2D eigenvalue weighted by Crippen LogP contribution is -1.95. The van der Waals surface area contributed by atoms with Gasteiger partial charge in [-0.1, -0.05) is 79.3 Å². The van der Waals surface area contributed by atoms with E-state index in [0.29, 0.717) is 0 Å². The van der Waals surface area contributed by atoms with Gasteiger partial charge in [0.15, 0.2) is 0 Å². The molecule has 4 rings (SSSR count).